The number of hydrogen-bond donors (Lipinski definition) is 2. The van der Waals surface area contributed by atoms with Gasteiger partial charge >= 0.3 is 0 Å². The standard InChI is InChI=1S/C15H17ClN4O3/c1-8-14(9(2)20(3)19-8)18-13(21)7-23-12-5-4-10(16)6-11(12)15(17)22/h4-6H,7H2,1-3H3,(H2,17,22)(H,18,21). The minimum absolute atomic E-state index is 0.124. The van der Waals surface area contributed by atoms with Crippen molar-refractivity contribution in [2.24, 2.45) is 12.8 Å². The molecule has 122 valence electrons. The van der Waals surface area contributed by atoms with Crippen LogP contribution >= 0.6 is 11.6 Å². The second-order valence-electron chi connectivity index (χ2n) is 5.01. The van der Waals surface area contributed by atoms with Gasteiger partial charge in [-0.2, -0.15) is 5.10 Å². The zero-order valence-corrected chi connectivity index (χ0v) is 13.8. The molecule has 2 aromatic rings. The molecule has 23 heavy (non-hydrogen) atoms. The van der Waals surface area contributed by atoms with Crippen molar-refractivity contribution in [1.82, 2.24) is 9.78 Å². The van der Waals surface area contributed by atoms with Crippen molar-refractivity contribution >= 4 is 29.1 Å². The van der Waals surface area contributed by atoms with Crippen LogP contribution in [0.5, 0.6) is 5.75 Å². The molecule has 0 aliphatic carbocycles. The lowest BCUT2D eigenvalue weighted by molar-refractivity contribution is -0.118. The Morgan fingerprint density at radius 1 is 1.39 bits per heavy atom. The zero-order valence-electron chi connectivity index (χ0n) is 13.0. The van der Waals surface area contributed by atoms with Crippen LogP contribution in [0.4, 0.5) is 5.69 Å². The first-order valence-corrected chi connectivity index (χ1v) is 7.19. The quantitative estimate of drug-likeness (QED) is 0.869. The van der Waals surface area contributed by atoms with E-state index in [0.29, 0.717) is 16.4 Å². The Bertz CT molecular complexity index is 770. The van der Waals surface area contributed by atoms with Crippen LogP contribution in [0.15, 0.2) is 18.2 Å². The van der Waals surface area contributed by atoms with E-state index in [1.54, 1.807) is 24.7 Å². The molecule has 2 rings (SSSR count). The number of rotatable bonds is 5. The van der Waals surface area contributed by atoms with Gasteiger partial charge in [-0.25, -0.2) is 0 Å². The summed E-state index contributed by atoms with van der Waals surface area (Å²) in [5.41, 5.74) is 7.58. The molecule has 0 saturated heterocycles. The van der Waals surface area contributed by atoms with E-state index in [9.17, 15) is 9.59 Å². The number of nitrogens with two attached hydrogens (primary N) is 1. The van der Waals surface area contributed by atoms with Crippen molar-refractivity contribution < 1.29 is 14.3 Å². The molecular formula is C15H17ClN4O3. The fourth-order valence-corrected chi connectivity index (χ4v) is 2.27. The molecule has 0 bridgehead atoms. The molecule has 7 nitrogen and oxygen atoms in total. The third-order valence-corrected chi connectivity index (χ3v) is 3.57. The maximum absolute atomic E-state index is 12.0. The molecule has 1 aromatic carbocycles. The molecule has 1 aromatic heterocycles. The fraction of sp³-hybridized carbons (Fsp3) is 0.267. The van der Waals surface area contributed by atoms with Gasteiger partial charge in [0, 0.05) is 12.1 Å². The molecule has 0 unspecified atom stereocenters. The van der Waals surface area contributed by atoms with Crippen LogP contribution in [-0.2, 0) is 11.8 Å². The Labute approximate surface area is 138 Å². The second kappa shape index (κ2) is 6.70. The average molecular weight is 337 g/mol. The predicted octanol–water partition coefficient (Wildman–Crippen LogP) is 1.81. The summed E-state index contributed by atoms with van der Waals surface area (Å²) < 4.78 is 7.05. The number of primary amides is 1. The van der Waals surface area contributed by atoms with E-state index in [4.69, 9.17) is 22.1 Å². The molecule has 0 radical (unpaired) electrons. The largest absolute Gasteiger partial charge is 0.483 e. The summed E-state index contributed by atoms with van der Waals surface area (Å²) >= 11 is 5.82. The summed E-state index contributed by atoms with van der Waals surface area (Å²) in [5, 5.41) is 7.31. The molecular weight excluding hydrogens is 320 g/mol. The monoisotopic (exact) mass is 336 g/mol. The normalized spacial score (nSPS) is 10.4. The van der Waals surface area contributed by atoms with E-state index in [0.717, 1.165) is 5.69 Å². The molecule has 8 heteroatoms. The number of amides is 2. The van der Waals surface area contributed by atoms with E-state index < -0.39 is 5.91 Å². The molecule has 0 aliphatic heterocycles. The number of carbonyl (C=O) groups is 2. The number of ether oxygens (including phenoxy) is 1. The molecule has 0 saturated carbocycles. The number of nitrogens with zero attached hydrogens (tertiary/aromatic N) is 2. The summed E-state index contributed by atoms with van der Waals surface area (Å²) in [6.07, 6.45) is 0. The first-order chi connectivity index (χ1) is 10.8. The van der Waals surface area contributed by atoms with Gasteiger partial charge in [-0.3, -0.25) is 14.3 Å². The first-order valence-electron chi connectivity index (χ1n) is 6.81. The Morgan fingerprint density at radius 2 is 2.09 bits per heavy atom. The molecule has 1 heterocycles. The summed E-state index contributed by atoms with van der Waals surface area (Å²) in [6.45, 7) is 3.38. The zero-order chi connectivity index (χ0) is 17.1. The molecule has 3 N–H and O–H groups in total. The van der Waals surface area contributed by atoms with E-state index in [1.807, 2.05) is 6.92 Å². The molecule has 0 spiro atoms. The molecule has 0 atom stereocenters. The van der Waals surface area contributed by atoms with Crippen molar-refractivity contribution in [3.8, 4) is 5.75 Å². The number of anilines is 1. The van der Waals surface area contributed by atoms with Gasteiger partial charge in [-0.15, -0.1) is 0 Å². The Balaban J connectivity index is 2.07. The third-order valence-electron chi connectivity index (χ3n) is 3.34. The maximum Gasteiger partial charge on any atom is 0.262 e. The smallest absolute Gasteiger partial charge is 0.262 e. The third kappa shape index (κ3) is 3.81. The van der Waals surface area contributed by atoms with E-state index in [-0.39, 0.29) is 23.8 Å². The lowest BCUT2D eigenvalue weighted by Gasteiger charge is -2.10. The molecule has 0 fully saturated rings. The number of carbonyl (C=O) groups excluding carboxylic acids is 2. The first kappa shape index (κ1) is 16.8. The van der Waals surface area contributed by atoms with E-state index in [2.05, 4.69) is 10.4 Å². The summed E-state index contributed by atoms with van der Waals surface area (Å²) in [6, 6.07) is 4.44. The fourth-order valence-electron chi connectivity index (χ4n) is 2.09. The highest BCUT2D eigenvalue weighted by molar-refractivity contribution is 6.31. The van der Waals surface area contributed by atoms with Crippen molar-refractivity contribution in [2.45, 2.75) is 13.8 Å². The Morgan fingerprint density at radius 3 is 2.65 bits per heavy atom. The summed E-state index contributed by atoms with van der Waals surface area (Å²) in [7, 11) is 1.79. The minimum Gasteiger partial charge on any atom is -0.483 e. The van der Waals surface area contributed by atoms with Gasteiger partial charge in [-0.1, -0.05) is 11.6 Å². The number of hydrogen-bond acceptors (Lipinski definition) is 4. The van der Waals surface area contributed by atoms with Gasteiger partial charge in [0.25, 0.3) is 11.8 Å². The number of aromatic nitrogens is 2. The SMILES string of the molecule is Cc1nn(C)c(C)c1NC(=O)COc1ccc(Cl)cc1C(N)=O. The Kier molecular flexibility index (Phi) is 4.90. The summed E-state index contributed by atoms with van der Waals surface area (Å²) in [5.74, 6) is -0.840. The van der Waals surface area contributed by atoms with Gasteiger partial charge in [0.2, 0.25) is 0 Å². The van der Waals surface area contributed by atoms with Crippen LogP contribution in [0.3, 0.4) is 0 Å². The van der Waals surface area contributed by atoms with Crippen LogP contribution < -0.4 is 15.8 Å². The van der Waals surface area contributed by atoms with Crippen LogP contribution in [0.2, 0.25) is 5.02 Å². The summed E-state index contributed by atoms with van der Waals surface area (Å²) in [4.78, 5) is 23.4. The maximum atomic E-state index is 12.0. The van der Waals surface area contributed by atoms with Gasteiger partial charge in [0.05, 0.1) is 22.6 Å². The van der Waals surface area contributed by atoms with Crippen LogP contribution in [0, 0.1) is 13.8 Å². The number of nitrogens with one attached hydrogen (secondary N) is 1. The number of aryl methyl sites for hydroxylation is 2. The average Bonchev–Trinajstić information content (AvgIpc) is 2.72. The Hall–Kier alpha value is -2.54. The highest BCUT2D eigenvalue weighted by Crippen LogP contribution is 2.23. The predicted molar refractivity (Wildman–Crippen MR) is 86.8 cm³/mol. The van der Waals surface area contributed by atoms with E-state index in [1.165, 1.54) is 12.1 Å². The second-order valence-corrected chi connectivity index (χ2v) is 5.45. The molecule has 2 amide bonds. The highest BCUT2D eigenvalue weighted by Gasteiger charge is 2.15. The molecule has 0 aliphatic rings. The van der Waals surface area contributed by atoms with Crippen molar-refractivity contribution in [2.75, 3.05) is 11.9 Å². The van der Waals surface area contributed by atoms with Crippen LogP contribution in [0.25, 0.3) is 0 Å². The van der Waals surface area contributed by atoms with Gasteiger partial charge < -0.3 is 15.8 Å². The van der Waals surface area contributed by atoms with Crippen molar-refractivity contribution in [3.05, 3.63) is 40.2 Å². The number of halogens is 1. The van der Waals surface area contributed by atoms with Crippen LogP contribution in [-0.4, -0.2) is 28.2 Å². The van der Waals surface area contributed by atoms with Crippen molar-refractivity contribution in [1.29, 1.82) is 0 Å². The number of benzene rings is 1. The van der Waals surface area contributed by atoms with Crippen LogP contribution in [0.1, 0.15) is 21.7 Å². The van der Waals surface area contributed by atoms with Gasteiger partial charge in [-0.05, 0) is 32.0 Å². The van der Waals surface area contributed by atoms with Gasteiger partial charge in [0.15, 0.2) is 6.61 Å². The minimum atomic E-state index is -0.679. The van der Waals surface area contributed by atoms with Gasteiger partial charge in [0.1, 0.15) is 5.75 Å². The topological polar surface area (TPSA) is 99.2 Å². The highest BCUT2D eigenvalue weighted by atomic mass is 35.5. The lowest BCUT2D eigenvalue weighted by atomic mass is 10.2. The van der Waals surface area contributed by atoms with Crippen molar-refractivity contribution in [3.63, 3.8) is 0 Å². The lowest BCUT2D eigenvalue weighted by Crippen LogP contribution is -2.22. The van der Waals surface area contributed by atoms with E-state index >= 15 is 0 Å².